The van der Waals surface area contributed by atoms with Crippen LogP contribution in [-0.4, -0.2) is 31.0 Å². The van der Waals surface area contributed by atoms with Crippen molar-refractivity contribution in [2.24, 2.45) is 4.99 Å². The van der Waals surface area contributed by atoms with Crippen LogP contribution < -0.4 is 5.32 Å². The summed E-state index contributed by atoms with van der Waals surface area (Å²) in [6, 6.07) is 4.35. The van der Waals surface area contributed by atoms with Crippen LogP contribution in [0.4, 0.5) is 0 Å². The molecule has 0 bridgehead atoms. The molecule has 122 valence electrons. The van der Waals surface area contributed by atoms with Gasteiger partial charge < -0.3 is 10.2 Å². The van der Waals surface area contributed by atoms with Gasteiger partial charge in [-0.05, 0) is 51.7 Å². The standard InChI is InChI=1S/C16H23N3S2.HI/c1-4-17-16(19(3)10-14-5-7-20-11-14)18-9-13(2)15-6-8-21-12-15;/h5-8,11-13H,4,9-10H2,1-3H3,(H,17,18);1H. The maximum Gasteiger partial charge on any atom is 0.193 e. The third-order valence-electron chi connectivity index (χ3n) is 3.32. The van der Waals surface area contributed by atoms with Crippen molar-refractivity contribution in [3.8, 4) is 0 Å². The number of nitrogens with one attached hydrogen (secondary N) is 1. The minimum absolute atomic E-state index is 0. The van der Waals surface area contributed by atoms with Gasteiger partial charge in [-0.15, -0.1) is 24.0 Å². The van der Waals surface area contributed by atoms with Crippen LogP contribution in [-0.2, 0) is 6.54 Å². The fraction of sp³-hybridized carbons (Fsp3) is 0.438. The molecular formula is C16H24IN3S2. The van der Waals surface area contributed by atoms with Crippen LogP contribution in [0.2, 0.25) is 0 Å². The first-order valence-electron chi connectivity index (χ1n) is 7.23. The number of aliphatic imine (C=N–C) groups is 1. The van der Waals surface area contributed by atoms with Crippen LogP contribution in [0.25, 0.3) is 0 Å². The quantitative estimate of drug-likeness (QED) is 0.396. The van der Waals surface area contributed by atoms with Gasteiger partial charge in [0.2, 0.25) is 0 Å². The SMILES string of the molecule is CCNC(=NCC(C)c1ccsc1)N(C)Cc1ccsc1.I. The van der Waals surface area contributed by atoms with Gasteiger partial charge in [0, 0.05) is 32.6 Å². The Morgan fingerprint density at radius 3 is 2.59 bits per heavy atom. The topological polar surface area (TPSA) is 27.6 Å². The average molecular weight is 449 g/mol. The van der Waals surface area contributed by atoms with Crippen LogP contribution in [0.15, 0.2) is 38.6 Å². The number of rotatable bonds is 6. The molecule has 6 heteroatoms. The number of nitrogens with zero attached hydrogens (tertiary/aromatic N) is 2. The molecule has 0 aliphatic carbocycles. The monoisotopic (exact) mass is 449 g/mol. The summed E-state index contributed by atoms with van der Waals surface area (Å²) in [6.07, 6.45) is 0. The van der Waals surface area contributed by atoms with Gasteiger partial charge in [-0.3, -0.25) is 4.99 Å². The molecule has 2 aromatic heterocycles. The number of hydrogen-bond donors (Lipinski definition) is 1. The van der Waals surface area contributed by atoms with E-state index in [9.17, 15) is 0 Å². The molecule has 0 radical (unpaired) electrons. The van der Waals surface area contributed by atoms with E-state index in [2.05, 4.69) is 64.8 Å². The first-order valence-corrected chi connectivity index (χ1v) is 9.12. The van der Waals surface area contributed by atoms with Gasteiger partial charge in [-0.1, -0.05) is 6.92 Å². The first kappa shape index (κ1) is 19.4. The average Bonchev–Trinajstić information content (AvgIpc) is 3.15. The van der Waals surface area contributed by atoms with Crippen LogP contribution in [0.5, 0.6) is 0 Å². The van der Waals surface area contributed by atoms with E-state index in [4.69, 9.17) is 4.99 Å². The summed E-state index contributed by atoms with van der Waals surface area (Å²) in [5.41, 5.74) is 2.71. The largest absolute Gasteiger partial charge is 0.357 e. The molecule has 0 amide bonds. The second kappa shape index (κ2) is 10.2. The maximum atomic E-state index is 4.79. The summed E-state index contributed by atoms with van der Waals surface area (Å²) in [5.74, 6) is 1.44. The predicted octanol–water partition coefficient (Wildman–Crippen LogP) is 4.63. The summed E-state index contributed by atoms with van der Waals surface area (Å²) in [7, 11) is 2.09. The molecule has 0 spiro atoms. The van der Waals surface area contributed by atoms with E-state index in [0.717, 1.165) is 25.6 Å². The molecule has 1 N–H and O–H groups in total. The lowest BCUT2D eigenvalue weighted by atomic mass is 10.1. The minimum Gasteiger partial charge on any atom is -0.357 e. The Morgan fingerprint density at radius 1 is 1.27 bits per heavy atom. The van der Waals surface area contributed by atoms with Crippen molar-refractivity contribution in [2.75, 3.05) is 20.1 Å². The normalized spacial score (nSPS) is 12.6. The molecule has 1 unspecified atom stereocenters. The zero-order valence-corrected chi connectivity index (χ0v) is 17.2. The van der Waals surface area contributed by atoms with E-state index in [0.29, 0.717) is 5.92 Å². The number of halogens is 1. The Bertz CT molecular complexity index is 538. The number of thiophene rings is 2. The molecule has 1 atom stereocenters. The van der Waals surface area contributed by atoms with E-state index in [1.165, 1.54) is 11.1 Å². The zero-order chi connectivity index (χ0) is 15.1. The van der Waals surface area contributed by atoms with Gasteiger partial charge in [0.1, 0.15) is 0 Å². The molecule has 2 rings (SSSR count). The Hall–Kier alpha value is -0.600. The van der Waals surface area contributed by atoms with Gasteiger partial charge in [0.05, 0.1) is 0 Å². The molecule has 2 heterocycles. The van der Waals surface area contributed by atoms with Crippen LogP contribution in [0.3, 0.4) is 0 Å². The van der Waals surface area contributed by atoms with E-state index in [-0.39, 0.29) is 24.0 Å². The van der Waals surface area contributed by atoms with Crippen molar-refractivity contribution in [1.82, 2.24) is 10.2 Å². The molecule has 0 saturated heterocycles. The molecule has 0 aromatic carbocycles. The summed E-state index contributed by atoms with van der Waals surface area (Å²) in [4.78, 5) is 6.98. The molecule has 22 heavy (non-hydrogen) atoms. The summed E-state index contributed by atoms with van der Waals surface area (Å²) in [6.45, 7) is 6.93. The van der Waals surface area contributed by atoms with E-state index in [1.54, 1.807) is 22.7 Å². The van der Waals surface area contributed by atoms with Gasteiger partial charge in [0.15, 0.2) is 5.96 Å². The lowest BCUT2D eigenvalue weighted by molar-refractivity contribution is 0.476. The van der Waals surface area contributed by atoms with Crippen LogP contribution >= 0.6 is 46.7 Å². The Morgan fingerprint density at radius 2 is 2.00 bits per heavy atom. The minimum atomic E-state index is 0. The fourth-order valence-electron chi connectivity index (χ4n) is 2.09. The van der Waals surface area contributed by atoms with Gasteiger partial charge in [-0.25, -0.2) is 0 Å². The molecule has 0 fully saturated rings. The van der Waals surface area contributed by atoms with Crippen molar-refractivity contribution in [3.05, 3.63) is 44.8 Å². The summed E-state index contributed by atoms with van der Waals surface area (Å²) < 4.78 is 0. The predicted molar refractivity (Wildman–Crippen MR) is 110 cm³/mol. The number of guanidine groups is 1. The second-order valence-corrected chi connectivity index (χ2v) is 6.70. The molecule has 2 aromatic rings. The highest BCUT2D eigenvalue weighted by Gasteiger charge is 2.09. The highest BCUT2D eigenvalue weighted by molar-refractivity contribution is 14.0. The van der Waals surface area contributed by atoms with Gasteiger partial charge in [-0.2, -0.15) is 22.7 Å². The molecule has 0 aliphatic rings. The Kier molecular flexibility index (Phi) is 9.04. The lowest BCUT2D eigenvalue weighted by Gasteiger charge is -2.22. The molecule has 0 aliphatic heterocycles. The Balaban J connectivity index is 0.00000242. The fourth-order valence-corrected chi connectivity index (χ4v) is 3.53. The van der Waals surface area contributed by atoms with Crippen molar-refractivity contribution >= 4 is 52.6 Å². The third-order valence-corrected chi connectivity index (χ3v) is 4.76. The Labute approximate surface area is 158 Å². The first-order chi connectivity index (χ1) is 10.2. The maximum absolute atomic E-state index is 4.79. The highest BCUT2D eigenvalue weighted by atomic mass is 127. The second-order valence-electron chi connectivity index (χ2n) is 5.14. The van der Waals surface area contributed by atoms with Gasteiger partial charge >= 0.3 is 0 Å². The van der Waals surface area contributed by atoms with Crippen LogP contribution in [0, 0.1) is 0 Å². The van der Waals surface area contributed by atoms with Gasteiger partial charge in [0.25, 0.3) is 0 Å². The smallest absolute Gasteiger partial charge is 0.193 e. The van der Waals surface area contributed by atoms with E-state index in [1.807, 2.05) is 0 Å². The molecule has 0 saturated carbocycles. The van der Waals surface area contributed by atoms with Crippen LogP contribution in [0.1, 0.15) is 30.9 Å². The van der Waals surface area contributed by atoms with Crippen molar-refractivity contribution in [2.45, 2.75) is 26.3 Å². The van der Waals surface area contributed by atoms with Crippen molar-refractivity contribution in [1.29, 1.82) is 0 Å². The summed E-state index contributed by atoms with van der Waals surface area (Å²) >= 11 is 3.49. The van der Waals surface area contributed by atoms with Crippen molar-refractivity contribution < 1.29 is 0 Å². The third kappa shape index (κ3) is 5.89. The highest BCUT2D eigenvalue weighted by Crippen LogP contribution is 2.18. The lowest BCUT2D eigenvalue weighted by Crippen LogP contribution is -2.38. The van der Waals surface area contributed by atoms with E-state index < -0.39 is 0 Å². The molecular weight excluding hydrogens is 425 g/mol. The number of hydrogen-bond acceptors (Lipinski definition) is 3. The van der Waals surface area contributed by atoms with Crippen molar-refractivity contribution in [3.63, 3.8) is 0 Å². The van der Waals surface area contributed by atoms with E-state index >= 15 is 0 Å². The zero-order valence-electron chi connectivity index (χ0n) is 13.3. The summed E-state index contributed by atoms with van der Waals surface area (Å²) in [5, 5.41) is 12.0. The molecule has 3 nitrogen and oxygen atoms in total.